The first-order chi connectivity index (χ1) is 8.72. The largest absolute Gasteiger partial charge is 0.481 e. The number of carbonyl (C=O) groups excluding carboxylic acids is 1. The molecule has 0 aromatic rings. The second-order valence-electron chi connectivity index (χ2n) is 6.17. The van der Waals surface area contributed by atoms with E-state index in [0.29, 0.717) is 0 Å². The zero-order chi connectivity index (χ0) is 14.5. The average Bonchev–Trinajstić information content (AvgIpc) is 2.62. The van der Waals surface area contributed by atoms with E-state index in [4.69, 9.17) is 14.7 Å². The van der Waals surface area contributed by atoms with E-state index in [1.807, 2.05) is 0 Å². The number of ether oxygens (including phenoxy) is 1. The van der Waals surface area contributed by atoms with Crippen LogP contribution in [0, 0.1) is 5.41 Å². The molecule has 1 aliphatic rings. The van der Waals surface area contributed by atoms with Crippen LogP contribution >= 0.6 is 0 Å². The molecule has 110 valence electrons. The molecule has 0 heterocycles. The number of rotatable bonds is 5. The normalized spacial score (nSPS) is 18.1. The van der Waals surface area contributed by atoms with E-state index in [1.165, 1.54) is 0 Å². The van der Waals surface area contributed by atoms with Crippen LogP contribution in [0.2, 0.25) is 0 Å². The van der Waals surface area contributed by atoms with Gasteiger partial charge in [-0.05, 0) is 33.6 Å². The third kappa shape index (κ3) is 5.92. The molecule has 1 saturated carbocycles. The molecule has 0 atom stereocenters. The predicted molar refractivity (Wildman–Crippen MR) is 68.5 cm³/mol. The highest BCUT2D eigenvalue weighted by molar-refractivity contribution is 5.68. The number of aliphatic carboxylic acids is 1. The lowest BCUT2D eigenvalue weighted by Crippen LogP contribution is -2.36. The summed E-state index contributed by atoms with van der Waals surface area (Å²) < 4.78 is 5.03. The molecule has 1 amide bonds. The minimum Gasteiger partial charge on any atom is -0.481 e. The minimum atomic E-state index is -0.831. The lowest BCUT2D eigenvalue weighted by Gasteiger charge is -2.26. The van der Waals surface area contributed by atoms with Crippen LogP contribution < -0.4 is 5.48 Å². The topological polar surface area (TPSA) is 84.9 Å². The van der Waals surface area contributed by atoms with E-state index in [2.05, 4.69) is 5.48 Å². The van der Waals surface area contributed by atoms with Crippen molar-refractivity contribution in [3.05, 3.63) is 0 Å². The molecule has 1 rings (SSSR count). The van der Waals surface area contributed by atoms with E-state index in [9.17, 15) is 9.59 Å². The Kier molecular flexibility index (Phi) is 5.17. The molecule has 6 heteroatoms. The van der Waals surface area contributed by atoms with Crippen molar-refractivity contribution in [2.45, 2.75) is 58.5 Å². The highest BCUT2D eigenvalue weighted by Crippen LogP contribution is 2.41. The van der Waals surface area contributed by atoms with Crippen LogP contribution in [0.1, 0.15) is 52.9 Å². The second kappa shape index (κ2) is 6.23. The van der Waals surface area contributed by atoms with Gasteiger partial charge >= 0.3 is 12.1 Å². The fraction of sp³-hybridized carbons (Fsp3) is 0.846. The lowest BCUT2D eigenvalue weighted by atomic mass is 9.84. The summed E-state index contributed by atoms with van der Waals surface area (Å²) in [7, 11) is 0. The van der Waals surface area contributed by atoms with Crippen LogP contribution in [-0.2, 0) is 14.4 Å². The van der Waals surface area contributed by atoms with Gasteiger partial charge in [-0.25, -0.2) is 4.79 Å². The van der Waals surface area contributed by atoms with Gasteiger partial charge in [0.1, 0.15) is 5.60 Å². The van der Waals surface area contributed by atoms with E-state index in [-0.39, 0.29) is 18.4 Å². The highest BCUT2D eigenvalue weighted by atomic mass is 16.7. The van der Waals surface area contributed by atoms with E-state index < -0.39 is 17.7 Å². The van der Waals surface area contributed by atoms with Crippen LogP contribution in [0.4, 0.5) is 4.79 Å². The summed E-state index contributed by atoms with van der Waals surface area (Å²) in [5, 5.41) is 8.93. The molecule has 19 heavy (non-hydrogen) atoms. The quantitative estimate of drug-likeness (QED) is 0.752. The molecular weight excluding hydrogens is 250 g/mol. The van der Waals surface area contributed by atoms with Gasteiger partial charge < -0.3 is 9.84 Å². The molecule has 0 aromatic carbocycles. The summed E-state index contributed by atoms with van der Waals surface area (Å²) in [5.74, 6) is -0.831. The predicted octanol–water partition coefficient (Wildman–Crippen LogP) is 2.48. The van der Waals surface area contributed by atoms with Crippen molar-refractivity contribution in [1.29, 1.82) is 0 Å². The van der Waals surface area contributed by atoms with Gasteiger partial charge in [0.15, 0.2) is 0 Å². The Labute approximate surface area is 113 Å². The maximum Gasteiger partial charge on any atom is 0.431 e. The fourth-order valence-corrected chi connectivity index (χ4v) is 2.36. The monoisotopic (exact) mass is 273 g/mol. The molecule has 0 spiro atoms. The molecule has 2 N–H and O–H groups in total. The Hall–Kier alpha value is -1.30. The molecule has 0 aliphatic heterocycles. The number of nitrogens with one attached hydrogen (secondary N) is 1. The Morgan fingerprint density at radius 2 is 1.84 bits per heavy atom. The van der Waals surface area contributed by atoms with Gasteiger partial charge in [-0.3, -0.25) is 9.63 Å². The summed E-state index contributed by atoms with van der Waals surface area (Å²) >= 11 is 0. The summed E-state index contributed by atoms with van der Waals surface area (Å²) in [6.45, 7) is 5.49. The van der Waals surface area contributed by atoms with Crippen molar-refractivity contribution in [3.63, 3.8) is 0 Å². The molecule has 0 unspecified atom stereocenters. The number of hydrogen-bond donors (Lipinski definition) is 2. The van der Waals surface area contributed by atoms with Gasteiger partial charge in [-0.1, -0.05) is 12.8 Å². The number of carboxylic acids is 1. The number of amides is 1. The summed E-state index contributed by atoms with van der Waals surface area (Å²) in [4.78, 5) is 27.4. The highest BCUT2D eigenvalue weighted by Gasteiger charge is 2.36. The van der Waals surface area contributed by atoms with Crippen molar-refractivity contribution in [3.8, 4) is 0 Å². The standard InChI is InChI=1S/C13H23NO5/c1-12(2,3)19-11(17)14-18-9-13(8-10(15)16)6-4-5-7-13/h4-9H2,1-3H3,(H,14,17)(H,15,16). The van der Waals surface area contributed by atoms with Crippen molar-refractivity contribution in [2.75, 3.05) is 6.61 Å². The van der Waals surface area contributed by atoms with Gasteiger partial charge in [-0.2, -0.15) is 5.48 Å². The van der Waals surface area contributed by atoms with Crippen LogP contribution in [0.25, 0.3) is 0 Å². The third-order valence-corrected chi connectivity index (χ3v) is 3.12. The maximum atomic E-state index is 11.4. The molecule has 1 aliphatic carbocycles. The number of carbonyl (C=O) groups is 2. The summed E-state index contributed by atoms with van der Waals surface area (Å²) in [6.07, 6.45) is 3.05. The van der Waals surface area contributed by atoms with Crippen molar-refractivity contribution >= 4 is 12.1 Å². The molecule has 0 saturated heterocycles. The Morgan fingerprint density at radius 1 is 1.26 bits per heavy atom. The molecule has 1 fully saturated rings. The van der Waals surface area contributed by atoms with Crippen molar-refractivity contribution in [2.24, 2.45) is 5.41 Å². The molecular formula is C13H23NO5. The van der Waals surface area contributed by atoms with Gasteiger partial charge in [0.25, 0.3) is 0 Å². The van der Waals surface area contributed by atoms with Crippen molar-refractivity contribution < 1.29 is 24.3 Å². The van der Waals surface area contributed by atoms with E-state index in [1.54, 1.807) is 20.8 Å². The van der Waals surface area contributed by atoms with Crippen molar-refractivity contribution in [1.82, 2.24) is 5.48 Å². The Balaban J connectivity index is 2.37. The summed E-state index contributed by atoms with van der Waals surface area (Å²) in [5.41, 5.74) is 1.27. The zero-order valence-corrected chi connectivity index (χ0v) is 11.8. The third-order valence-electron chi connectivity index (χ3n) is 3.12. The number of hydrogen-bond acceptors (Lipinski definition) is 4. The fourth-order valence-electron chi connectivity index (χ4n) is 2.36. The molecule has 6 nitrogen and oxygen atoms in total. The molecule has 0 aromatic heterocycles. The first-order valence-corrected chi connectivity index (χ1v) is 6.55. The lowest BCUT2D eigenvalue weighted by molar-refractivity contribution is -0.141. The Bertz CT molecular complexity index is 328. The van der Waals surface area contributed by atoms with Crippen LogP contribution in [-0.4, -0.2) is 29.4 Å². The average molecular weight is 273 g/mol. The van der Waals surface area contributed by atoms with E-state index in [0.717, 1.165) is 25.7 Å². The van der Waals surface area contributed by atoms with Crippen LogP contribution in [0.15, 0.2) is 0 Å². The van der Waals surface area contributed by atoms with Crippen LogP contribution in [0.3, 0.4) is 0 Å². The van der Waals surface area contributed by atoms with Gasteiger partial charge in [-0.15, -0.1) is 0 Å². The number of carboxylic acid groups (broad SMARTS) is 1. The molecule has 0 radical (unpaired) electrons. The maximum absolute atomic E-state index is 11.4. The minimum absolute atomic E-state index is 0.0724. The van der Waals surface area contributed by atoms with E-state index >= 15 is 0 Å². The van der Waals surface area contributed by atoms with Gasteiger partial charge in [0.2, 0.25) is 0 Å². The first-order valence-electron chi connectivity index (χ1n) is 6.55. The zero-order valence-electron chi connectivity index (χ0n) is 11.8. The smallest absolute Gasteiger partial charge is 0.431 e. The Morgan fingerprint density at radius 3 is 2.32 bits per heavy atom. The second-order valence-corrected chi connectivity index (χ2v) is 6.17. The molecule has 0 bridgehead atoms. The number of hydroxylamine groups is 1. The summed E-state index contributed by atoms with van der Waals surface area (Å²) in [6, 6.07) is 0. The van der Waals surface area contributed by atoms with Gasteiger partial charge in [0.05, 0.1) is 13.0 Å². The first kappa shape index (κ1) is 15.8. The van der Waals surface area contributed by atoms with Crippen LogP contribution in [0.5, 0.6) is 0 Å². The van der Waals surface area contributed by atoms with Gasteiger partial charge in [0, 0.05) is 5.41 Å². The SMILES string of the molecule is CC(C)(C)OC(=O)NOCC1(CC(=O)O)CCCC1.